The number of anilines is 1. The van der Waals surface area contributed by atoms with Gasteiger partial charge in [0.15, 0.2) is 0 Å². The minimum atomic E-state index is -4.73. The highest BCUT2D eigenvalue weighted by molar-refractivity contribution is 7.89. The Bertz CT molecular complexity index is 1160. The number of nitrogens with one attached hydrogen (secondary N) is 2. The van der Waals surface area contributed by atoms with Crippen LogP contribution in [-0.4, -0.2) is 36.7 Å². The maximum atomic E-state index is 13.9. The second kappa shape index (κ2) is 8.38. The van der Waals surface area contributed by atoms with Crippen molar-refractivity contribution in [2.75, 3.05) is 18.4 Å². The molecule has 0 saturated carbocycles. The fraction of sp³-hybridized carbons (Fsp3) is 0.333. The Balaban J connectivity index is 1.69. The number of pyridine rings is 1. The third-order valence-electron chi connectivity index (χ3n) is 4.82. The predicted octanol–water partition coefficient (Wildman–Crippen LogP) is 2.71. The number of sulfonamides is 1. The molecule has 2 N–H and O–H groups in total. The van der Waals surface area contributed by atoms with Crippen molar-refractivity contribution in [1.29, 1.82) is 0 Å². The summed E-state index contributed by atoms with van der Waals surface area (Å²) in [5, 5.41) is 2.13. The summed E-state index contributed by atoms with van der Waals surface area (Å²) >= 11 is 0. The van der Waals surface area contributed by atoms with Crippen LogP contribution in [0.3, 0.4) is 0 Å². The maximum Gasteiger partial charge on any atom is 0.417 e. The molecule has 0 spiro atoms. The van der Waals surface area contributed by atoms with Gasteiger partial charge in [0.2, 0.25) is 15.9 Å². The number of aromatic amines is 1. The van der Waals surface area contributed by atoms with Gasteiger partial charge in [-0.2, -0.15) is 17.5 Å². The number of benzene rings is 1. The Morgan fingerprint density at radius 2 is 1.77 bits per heavy atom. The monoisotopic (exact) mass is 465 g/mol. The van der Waals surface area contributed by atoms with Crippen LogP contribution in [0.15, 0.2) is 40.2 Å². The first-order valence-electron chi connectivity index (χ1n) is 8.95. The molecule has 2 heterocycles. The fourth-order valence-corrected chi connectivity index (χ4v) is 4.69. The zero-order valence-electron chi connectivity index (χ0n) is 15.7. The van der Waals surface area contributed by atoms with E-state index in [2.05, 4.69) is 5.32 Å². The summed E-state index contributed by atoms with van der Waals surface area (Å²) in [4.78, 5) is 25.2. The quantitative estimate of drug-likeness (QED) is 0.679. The zero-order chi connectivity index (χ0) is 23.0. The molecule has 1 amide bonds. The summed E-state index contributed by atoms with van der Waals surface area (Å²) in [6.45, 7) is -0.398. The summed E-state index contributed by atoms with van der Waals surface area (Å²) in [6, 6.07) is 2.53. The summed E-state index contributed by atoms with van der Waals surface area (Å²) < 4.78 is 91.6. The van der Waals surface area contributed by atoms with E-state index in [0.717, 1.165) is 10.4 Å². The molecule has 1 aliphatic rings. The SMILES string of the molecule is O=C(Nc1cc(C(F)(F)F)c[nH]c1=O)C1CCN(S(=O)(=O)c2cc(F)ccc2F)CC1. The van der Waals surface area contributed by atoms with Crippen molar-refractivity contribution in [2.24, 2.45) is 5.92 Å². The van der Waals surface area contributed by atoms with Crippen molar-refractivity contribution >= 4 is 21.6 Å². The maximum absolute atomic E-state index is 13.9. The molecule has 2 aromatic rings. The van der Waals surface area contributed by atoms with Crippen molar-refractivity contribution in [1.82, 2.24) is 9.29 Å². The van der Waals surface area contributed by atoms with Gasteiger partial charge in [-0.3, -0.25) is 9.59 Å². The van der Waals surface area contributed by atoms with Crippen LogP contribution in [0.1, 0.15) is 18.4 Å². The molecule has 1 aromatic carbocycles. The number of carbonyl (C=O) groups is 1. The summed E-state index contributed by atoms with van der Waals surface area (Å²) in [7, 11) is -4.35. The average molecular weight is 465 g/mol. The van der Waals surface area contributed by atoms with Gasteiger partial charge in [0.05, 0.1) is 5.56 Å². The largest absolute Gasteiger partial charge is 0.417 e. The van der Waals surface area contributed by atoms with Crippen molar-refractivity contribution in [3.8, 4) is 0 Å². The molecule has 168 valence electrons. The first kappa shape index (κ1) is 22.9. The van der Waals surface area contributed by atoms with E-state index in [1.807, 2.05) is 4.98 Å². The van der Waals surface area contributed by atoms with E-state index in [4.69, 9.17) is 0 Å². The summed E-state index contributed by atoms with van der Waals surface area (Å²) in [5.41, 5.74) is -2.67. The molecule has 3 rings (SSSR count). The predicted molar refractivity (Wildman–Crippen MR) is 98.5 cm³/mol. The van der Waals surface area contributed by atoms with E-state index in [9.17, 15) is 40.0 Å². The van der Waals surface area contributed by atoms with Gasteiger partial charge in [0.1, 0.15) is 22.2 Å². The highest BCUT2D eigenvalue weighted by Crippen LogP contribution is 2.30. The molecule has 0 atom stereocenters. The van der Waals surface area contributed by atoms with Gasteiger partial charge in [-0.05, 0) is 37.1 Å². The van der Waals surface area contributed by atoms with E-state index in [0.29, 0.717) is 24.4 Å². The normalized spacial score (nSPS) is 16.3. The molecule has 7 nitrogen and oxygen atoms in total. The second-order valence-electron chi connectivity index (χ2n) is 6.87. The van der Waals surface area contributed by atoms with Gasteiger partial charge in [0.25, 0.3) is 5.56 Å². The lowest BCUT2D eigenvalue weighted by molar-refractivity contribution is -0.137. The summed E-state index contributed by atoms with van der Waals surface area (Å²) in [5.74, 6) is -3.60. The Morgan fingerprint density at radius 3 is 2.39 bits per heavy atom. The molecule has 13 heteroatoms. The number of rotatable bonds is 4. The lowest BCUT2D eigenvalue weighted by Gasteiger charge is -2.30. The number of hydrogen-bond donors (Lipinski definition) is 2. The Hall–Kier alpha value is -2.80. The first-order valence-corrected chi connectivity index (χ1v) is 10.4. The van der Waals surface area contributed by atoms with Crippen LogP contribution in [0.5, 0.6) is 0 Å². The van der Waals surface area contributed by atoms with Crippen LogP contribution in [0, 0.1) is 17.6 Å². The molecular formula is C18H16F5N3O4S. The van der Waals surface area contributed by atoms with Crippen molar-refractivity contribution in [3.05, 3.63) is 58.0 Å². The van der Waals surface area contributed by atoms with Crippen LogP contribution < -0.4 is 10.9 Å². The number of piperidine rings is 1. The number of hydrogen-bond acceptors (Lipinski definition) is 4. The Labute approximate surface area is 172 Å². The van der Waals surface area contributed by atoms with Crippen LogP contribution in [0.25, 0.3) is 0 Å². The van der Waals surface area contributed by atoms with E-state index >= 15 is 0 Å². The number of halogens is 5. The molecule has 0 unspecified atom stereocenters. The van der Waals surface area contributed by atoms with E-state index in [1.54, 1.807) is 0 Å². The van der Waals surface area contributed by atoms with Crippen molar-refractivity contribution in [3.63, 3.8) is 0 Å². The van der Waals surface area contributed by atoms with Gasteiger partial charge >= 0.3 is 6.18 Å². The highest BCUT2D eigenvalue weighted by atomic mass is 32.2. The van der Waals surface area contributed by atoms with Gasteiger partial charge in [0, 0.05) is 25.2 Å². The number of H-pyrrole nitrogens is 1. The third-order valence-corrected chi connectivity index (χ3v) is 6.74. The smallest absolute Gasteiger partial charge is 0.327 e. The number of carbonyl (C=O) groups excluding carboxylic acids is 1. The lowest BCUT2D eigenvalue weighted by atomic mass is 9.97. The van der Waals surface area contributed by atoms with E-state index in [-0.39, 0.29) is 25.9 Å². The molecule has 1 aliphatic heterocycles. The number of alkyl halides is 3. The van der Waals surface area contributed by atoms with Gasteiger partial charge in [-0.15, -0.1) is 0 Å². The van der Waals surface area contributed by atoms with Gasteiger partial charge < -0.3 is 10.3 Å². The van der Waals surface area contributed by atoms with Gasteiger partial charge in [-0.1, -0.05) is 0 Å². The fourth-order valence-electron chi connectivity index (χ4n) is 3.15. The zero-order valence-corrected chi connectivity index (χ0v) is 16.5. The molecule has 0 bridgehead atoms. The van der Waals surface area contributed by atoms with Crippen molar-refractivity contribution in [2.45, 2.75) is 23.9 Å². The molecule has 31 heavy (non-hydrogen) atoms. The molecule has 1 saturated heterocycles. The number of aromatic nitrogens is 1. The number of amides is 1. The van der Waals surface area contributed by atoms with E-state index < -0.39 is 61.4 Å². The molecule has 1 fully saturated rings. The topological polar surface area (TPSA) is 99.3 Å². The molecule has 0 aliphatic carbocycles. The molecule has 0 radical (unpaired) electrons. The average Bonchev–Trinajstić information content (AvgIpc) is 2.70. The van der Waals surface area contributed by atoms with E-state index in [1.165, 1.54) is 0 Å². The second-order valence-corrected chi connectivity index (χ2v) is 8.78. The van der Waals surface area contributed by atoms with Crippen molar-refractivity contribution < 1.29 is 35.2 Å². The number of nitrogens with zero attached hydrogens (tertiary/aromatic N) is 1. The standard InChI is InChI=1S/C18H16F5N3O4S/c19-12-1-2-13(20)15(8-12)31(29,30)26-5-3-10(4-6-26)16(27)25-14-7-11(18(21,22)23)9-24-17(14)28/h1-2,7-10H,3-6H2,(H,24,28)(H,25,27). The van der Waals surface area contributed by atoms with Crippen LogP contribution >= 0.6 is 0 Å². The Morgan fingerprint density at radius 1 is 1.13 bits per heavy atom. The lowest BCUT2D eigenvalue weighted by Crippen LogP contribution is -2.42. The molecule has 1 aromatic heterocycles. The minimum Gasteiger partial charge on any atom is -0.327 e. The Kier molecular flexibility index (Phi) is 6.18. The van der Waals surface area contributed by atoms with Crippen LogP contribution in [0.4, 0.5) is 27.6 Å². The van der Waals surface area contributed by atoms with Crippen LogP contribution in [-0.2, 0) is 21.0 Å². The third kappa shape index (κ3) is 4.93. The first-order chi connectivity index (χ1) is 14.4. The highest BCUT2D eigenvalue weighted by Gasteiger charge is 2.35. The summed E-state index contributed by atoms with van der Waals surface area (Å²) in [6.07, 6.45) is -4.31. The molecular weight excluding hydrogens is 449 g/mol. The van der Waals surface area contributed by atoms with Crippen LogP contribution in [0.2, 0.25) is 0 Å². The minimum absolute atomic E-state index is 0.0289. The van der Waals surface area contributed by atoms with Gasteiger partial charge in [-0.25, -0.2) is 17.2 Å².